The van der Waals surface area contributed by atoms with E-state index in [9.17, 15) is 4.79 Å². The highest BCUT2D eigenvalue weighted by molar-refractivity contribution is 6.30. The van der Waals surface area contributed by atoms with Crippen LogP contribution in [0.2, 0.25) is 5.02 Å². The number of carbonyl (C=O) groups is 1. The monoisotopic (exact) mass is 423 g/mol. The molecule has 0 radical (unpaired) electrons. The molecule has 154 valence electrons. The van der Waals surface area contributed by atoms with E-state index in [1.807, 2.05) is 49.4 Å². The lowest BCUT2D eigenvalue weighted by Gasteiger charge is -2.33. The summed E-state index contributed by atoms with van der Waals surface area (Å²) in [6.45, 7) is 4.09. The second-order valence-corrected chi connectivity index (χ2v) is 7.63. The minimum absolute atomic E-state index is 0.0637. The number of ether oxygens (including phenoxy) is 1. The van der Waals surface area contributed by atoms with Crippen LogP contribution in [-0.4, -0.2) is 29.2 Å². The topological polar surface area (TPSA) is 74.7 Å². The number of nitrogens with one attached hydrogen (secondary N) is 1. The smallest absolute Gasteiger partial charge is 0.335 e. The highest BCUT2D eigenvalue weighted by atomic mass is 35.5. The van der Waals surface area contributed by atoms with Crippen molar-refractivity contribution in [3.8, 4) is 5.75 Å². The Morgan fingerprint density at radius 2 is 1.93 bits per heavy atom. The van der Waals surface area contributed by atoms with Crippen molar-refractivity contribution in [2.45, 2.75) is 19.5 Å². The normalized spacial score (nSPS) is 13.9. The van der Waals surface area contributed by atoms with Crippen molar-refractivity contribution in [1.29, 1.82) is 0 Å². The molecule has 2 heterocycles. The molecule has 0 bridgehead atoms. The largest absolute Gasteiger partial charge is 0.489 e. The fourth-order valence-corrected chi connectivity index (χ4v) is 3.64. The van der Waals surface area contributed by atoms with E-state index in [1.54, 1.807) is 18.3 Å². The highest BCUT2D eigenvalue weighted by Gasteiger charge is 2.24. The summed E-state index contributed by atoms with van der Waals surface area (Å²) in [6, 6.07) is 16.5. The van der Waals surface area contributed by atoms with Gasteiger partial charge in [0.2, 0.25) is 0 Å². The molecule has 7 heteroatoms. The Balaban J connectivity index is 1.58. The molecule has 1 unspecified atom stereocenters. The van der Waals surface area contributed by atoms with Gasteiger partial charge in [0.1, 0.15) is 18.0 Å². The van der Waals surface area contributed by atoms with Crippen LogP contribution in [0.1, 0.15) is 34.5 Å². The summed E-state index contributed by atoms with van der Waals surface area (Å²) < 4.78 is 5.87. The first-order valence-corrected chi connectivity index (χ1v) is 10.1. The molecule has 2 N–H and O–H groups in total. The minimum atomic E-state index is -0.934. The third-order valence-corrected chi connectivity index (χ3v) is 5.37. The van der Waals surface area contributed by atoms with Gasteiger partial charge in [-0.15, -0.1) is 0 Å². The Morgan fingerprint density at radius 3 is 2.63 bits per heavy atom. The van der Waals surface area contributed by atoms with E-state index in [0.29, 0.717) is 11.6 Å². The van der Waals surface area contributed by atoms with Gasteiger partial charge in [-0.2, -0.15) is 0 Å². The quantitative estimate of drug-likeness (QED) is 0.580. The van der Waals surface area contributed by atoms with Crippen LogP contribution in [0.25, 0.3) is 0 Å². The number of pyridine rings is 1. The van der Waals surface area contributed by atoms with E-state index in [-0.39, 0.29) is 11.6 Å². The van der Waals surface area contributed by atoms with Gasteiger partial charge in [0, 0.05) is 23.8 Å². The number of aromatic nitrogens is 1. The Labute approximate surface area is 180 Å². The van der Waals surface area contributed by atoms with E-state index in [1.165, 1.54) is 0 Å². The number of carboxylic acids is 1. The number of rotatable bonds is 6. The second-order valence-electron chi connectivity index (χ2n) is 7.20. The first-order valence-electron chi connectivity index (χ1n) is 9.72. The molecule has 1 aliphatic heterocycles. The van der Waals surface area contributed by atoms with E-state index in [4.69, 9.17) is 21.4 Å². The molecule has 3 aromatic rings. The fraction of sp³-hybridized carbons (Fsp3) is 0.217. The zero-order valence-electron chi connectivity index (χ0n) is 16.5. The van der Waals surface area contributed by atoms with Crippen LogP contribution < -0.4 is 15.0 Å². The van der Waals surface area contributed by atoms with Gasteiger partial charge < -0.3 is 20.1 Å². The molecule has 0 spiro atoms. The number of hydrogen-bond acceptors (Lipinski definition) is 5. The number of hydrogen-bond donors (Lipinski definition) is 2. The van der Waals surface area contributed by atoms with E-state index in [2.05, 4.69) is 15.2 Å². The van der Waals surface area contributed by atoms with Crippen LogP contribution in [0.5, 0.6) is 5.75 Å². The predicted octanol–water partition coefficient (Wildman–Crippen LogP) is 5.01. The molecule has 0 aliphatic carbocycles. The fourth-order valence-electron chi connectivity index (χ4n) is 3.51. The molecule has 1 aromatic heterocycles. The average molecular weight is 424 g/mol. The Hall–Kier alpha value is -3.25. The van der Waals surface area contributed by atoms with Crippen LogP contribution in [0.3, 0.4) is 0 Å². The SMILES string of the molecule is CC(Nc1nccc2c1N(Cc1ccc(Cl)cc1)CCO2)c1ccc(C(=O)O)cc1. The molecular formula is C23H22ClN3O3. The summed E-state index contributed by atoms with van der Waals surface area (Å²) >= 11 is 6.02. The minimum Gasteiger partial charge on any atom is -0.489 e. The summed E-state index contributed by atoms with van der Waals surface area (Å²) in [7, 11) is 0. The van der Waals surface area contributed by atoms with Crippen molar-refractivity contribution in [3.05, 3.63) is 82.5 Å². The van der Waals surface area contributed by atoms with Gasteiger partial charge in [0.15, 0.2) is 5.82 Å². The maximum atomic E-state index is 11.1. The number of halogens is 1. The number of carboxylic acid groups (broad SMARTS) is 1. The molecule has 2 aromatic carbocycles. The van der Waals surface area contributed by atoms with Gasteiger partial charge in [-0.25, -0.2) is 9.78 Å². The Bertz CT molecular complexity index is 1040. The van der Waals surface area contributed by atoms with Crippen molar-refractivity contribution in [3.63, 3.8) is 0 Å². The molecule has 0 saturated carbocycles. The van der Waals surface area contributed by atoms with Gasteiger partial charge >= 0.3 is 5.97 Å². The van der Waals surface area contributed by atoms with E-state index < -0.39 is 5.97 Å². The third-order valence-electron chi connectivity index (χ3n) is 5.12. The lowest BCUT2D eigenvalue weighted by atomic mass is 10.1. The van der Waals surface area contributed by atoms with Crippen LogP contribution in [0.4, 0.5) is 11.5 Å². The van der Waals surface area contributed by atoms with Gasteiger partial charge in [-0.3, -0.25) is 0 Å². The van der Waals surface area contributed by atoms with Gasteiger partial charge in [0.25, 0.3) is 0 Å². The van der Waals surface area contributed by atoms with Gasteiger partial charge in [0.05, 0.1) is 18.2 Å². The summed E-state index contributed by atoms with van der Waals surface area (Å²) in [6.07, 6.45) is 1.73. The molecule has 1 aliphatic rings. The highest BCUT2D eigenvalue weighted by Crippen LogP contribution is 2.39. The summed E-state index contributed by atoms with van der Waals surface area (Å²) in [5, 5.41) is 13.3. The standard InChI is InChI=1S/C23H22ClN3O3/c1-15(17-4-6-18(7-5-17)23(28)29)26-22-21-20(10-11-25-22)30-13-12-27(21)14-16-2-8-19(24)9-3-16/h2-11,15H,12-14H2,1H3,(H,25,26)(H,28,29). The maximum Gasteiger partial charge on any atom is 0.335 e. The van der Waals surface area contributed by atoms with Crippen molar-refractivity contribution < 1.29 is 14.6 Å². The lowest BCUT2D eigenvalue weighted by Crippen LogP contribution is -2.33. The van der Waals surface area contributed by atoms with Crippen LogP contribution in [-0.2, 0) is 6.54 Å². The molecule has 0 fully saturated rings. The van der Waals surface area contributed by atoms with E-state index in [0.717, 1.165) is 41.5 Å². The molecule has 30 heavy (non-hydrogen) atoms. The molecule has 1 atom stereocenters. The summed E-state index contributed by atoms with van der Waals surface area (Å²) in [5.41, 5.74) is 3.32. The zero-order valence-corrected chi connectivity index (χ0v) is 17.3. The Kier molecular flexibility index (Phi) is 5.77. The van der Waals surface area contributed by atoms with Gasteiger partial charge in [-0.1, -0.05) is 35.9 Å². The maximum absolute atomic E-state index is 11.1. The number of nitrogens with zero attached hydrogens (tertiary/aromatic N) is 2. The predicted molar refractivity (Wildman–Crippen MR) is 118 cm³/mol. The molecule has 0 amide bonds. The van der Waals surface area contributed by atoms with Crippen molar-refractivity contribution in [1.82, 2.24) is 4.98 Å². The van der Waals surface area contributed by atoms with Crippen molar-refractivity contribution >= 4 is 29.1 Å². The van der Waals surface area contributed by atoms with E-state index >= 15 is 0 Å². The van der Waals surface area contributed by atoms with Crippen LogP contribution >= 0.6 is 11.6 Å². The summed E-state index contributed by atoms with van der Waals surface area (Å²) in [5.74, 6) is 0.591. The van der Waals surface area contributed by atoms with Gasteiger partial charge in [-0.05, 0) is 42.3 Å². The number of benzene rings is 2. The molecular weight excluding hydrogens is 402 g/mol. The summed E-state index contributed by atoms with van der Waals surface area (Å²) in [4.78, 5) is 17.9. The first kappa shape index (κ1) is 20.0. The first-order chi connectivity index (χ1) is 14.5. The molecule has 0 saturated heterocycles. The second kappa shape index (κ2) is 8.63. The molecule has 6 nitrogen and oxygen atoms in total. The van der Waals surface area contributed by atoms with Crippen molar-refractivity contribution in [2.75, 3.05) is 23.4 Å². The lowest BCUT2D eigenvalue weighted by molar-refractivity contribution is 0.0697. The average Bonchev–Trinajstić information content (AvgIpc) is 2.75. The van der Waals surface area contributed by atoms with Crippen LogP contribution in [0, 0.1) is 0 Å². The zero-order chi connectivity index (χ0) is 21.1. The number of fused-ring (bicyclic) bond motifs is 1. The van der Waals surface area contributed by atoms with Crippen molar-refractivity contribution in [2.24, 2.45) is 0 Å². The number of anilines is 2. The molecule has 4 rings (SSSR count). The van der Waals surface area contributed by atoms with Crippen LogP contribution in [0.15, 0.2) is 60.8 Å². The Morgan fingerprint density at radius 1 is 1.20 bits per heavy atom. The number of aromatic carboxylic acids is 1. The third kappa shape index (κ3) is 4.33.